The molecule has 0 saturated carbocycles. The number of hydrogen-bond acceptors (Lipinski definition) is 7. The third-order valence-corrected chi connectivity index (χ3v) is 7.07. The van der Waals surface area contributed by atoms with Crippen LogP contribution >= 0.6 is 0 Å². The molecule has 3 atom stereocenters. The van der Waals surface area contributed by atoms with Gasteiger partial charge in [0, 0.05) is 57.0 Å². The van der Waals surface area contributed by atoms with Crippen molar-refractivity contribution in [1.29, 1.82) is 0 Å². The highest BCUT2D eigenvalue weighted by Crippen LogP contribution is 2.27. The highest BCUT2D eigenvalue weighted by Gasteiger charge is 2.46. The Labute approximate surface area is 236 Å². The summed E-state index contributed by atoms with van der Waals surface area (Å²) in [6.45, 7) is 3.88. The Morgan fingerprint density at radius 2 is 1.75 bits per heavy atom. The fraction of sp³-hybridized carbons (Fsp3) is 0.419. The summed E-state index contributed by atoms with van der Waals surface area (Å²) in [5, 5.41) is 21.6. The second kappa shape index (κ2) is 14.6. The predicted octanol–water partition coefficient (Wildman–Crippen LogP) is 2.87. The molecule has 3 rings (SSSR count). The van der Waals surface area contributed by atoms with Gasteiger partial charge in [-0.05, 0) is 62.1 Å². The molecular formula is C31H39N3O6. The first kappa shape index (κ1) is 30.9. The highest BCUT2D eigenvalue weighted by molar-refractivity contribution is 6.10. The molecule has 214 valence electrons. The fourth-order valence-electron chi connectivity index (χ4n) is 4.41. The van der Waals surface area contributed by atoms with Gasteiger partial charge in [0.2, 0.25) is 0 Å². The molecule has 40 heavy (non-hydrogen) atoms. The quantitative estimate of drug-likeness (QED) is 0.204. The summed E-state index contributed by atoms with van der Waals surface area (Å²) in [5.41, 5.74) is 4.63. The van der Waals surface area contributed by atoms with Gasteiger partial charge in [-0.15, -0.1) is 0 Å². The van der Waals surface area contributed by atoms with Gasteiger partial charge in [0.1, 0.15) is 0 Å². The normalized spacial score (nSPS) is 17.6. The largest absolute Gasteiger partial charge is 0.396 e. The summed E-state index contributed by atoms with van der Waals surface area (Å²) >= 11 is 0. The third kappa shape index (κ3) is 7.49. The lowest BCUT2D eigenvalue weighted by atomic mass is 9.95. The number of aliphatic hydroxyl groups excluding tert-OH is 2. The molecule has 2 amide bonds. The van der Waals surface area contributed by atoms with E-state index in [1.54, 1.807) is 31.0 Å². The second-order valence-corrected chi connectivity index (χ2v) is 9.71. The van der Waals surface area contributed by atoms with E-state index < -0.39 is 29.7 Å². The second-order valence-electron chi connectivity index (χ2n) is 9.71. The van der Waals surface area contributed by atoms with E-state index in [9.17, 15) is 14.7 Å². The minimum absolute atomic E-state index is 0.0774. The average molecular weight is 550 g/mol. The first-order chi connectivity index (χ1) is 19.2. The molecule has 1 aliphatic heterocycles. The molecular weight excluding hydrogens is 510 g/mol. The van der Waals surface area contributed by atoms with E-state index in [4.69, 9.17) is 14.7 Å². The number of allylic oxidation sites excluding steroid dienone is 1. The monoisotopic (exact) mass is 549 g/mol. The van der Waals surface area contributed by atoms with Crippen LogP contribution < -0.4 is 10.8 Å². The van der Waals surface area contributed by atoms with Crippen LogP contribution in [-0.2, 0) is 19.2 Å². The molecule has 0 bridgehead atoms. The number of rotatable bonds is 10. The molecule has 0 aromatic heterocycles. The van der Waals surface area contributed by atoms with Gasteiger partial charge in [-0.2, -0.15) is 0 Å². The summed E-state index contributed by atoms with van der Waals surface area (Å²) in [7, 11) is 3.18. The molecule has 2 unspecified atom stereocenters. The van der Waals surface area contributed by atoms with Gasteiger partial charge in [-0.25, -0.2) is 10.3 Å². The van der Waals surface area contributed by atoms with E-state index in [1.165, 1.54) is 7.05 Å². The van der Waals surface area contributed by atoms with Crippen LogP contribution in [0.15, 0.2) is 54.6 Å². The van der Waals surface area contributed by atoms with Gasteiger partial charge in [0.05, 0.1) is 6.10 Å². The Balaban J connectivity index is 1.74. The number of hydroxylamine groups is 1. The van der Waals surface area contributed by atoms with E-state index in [1.807, 2.05) is 49.4 Å². The van der Waals surface area contributed by atoms with Crippen molar-refractivity contribution in [3.05, 3.63) is 76.9 Å². The van der Waals surface area contributed by atoms with Crippen molar-refractivity contribution < 1.29 is 29.4 Å². The molecule has 0 spiro atoms. The Morgan fingerprint density at radius 1 is 1.12 bits per heavy atom. The Kier molecular flexibility index (Phi) is 11.3. The summed E-state index contributed by atoms with van der Waals surface area (Å²) in [6.07, 6.45) is 3.45. The van der Waals surface area contributed by atoms with Crippen LogP contribution in [0, 0.1) is 11.8 Å². The zero-order chi connectivity index (χ0) is 29.1. The molecule has 1 heterocycles. The maximum Gasteiger partial charge on any atom is 0.279 e. The number of benzene rings is 2. The van der Waals surface area contributed by atoms with Crippen LogP contribution in [0.5, 0.6) is 0 Å². The molecule has 4 N–H and O–H groups in total. The van der Waals surface area contributed by atoms with Crippen molar-refractivity contribution in [1.82, 2.24) is 15.7 Å². The lowest BCUT2D eigenvalue weighted by Crippen LogP contribution is -2.63. The Hall–Kier alpha value is -3.68. The number of ether oxygens (including phenoxy) is 1. The van der Waals surface area contributed by atoms with Crippen LogP contribution in [0.1, 0.15) is 67.9 Å². The van der Waals surface area contributed by atoms with Crippen molar-refractivity contribution in [2.75, 3.05) is 27.3 Å². The van der Waals surface area contributed by atoms with Crippen molar-refractivity contribution in [2.45, 2.75) is 57.5 Å². The number of hydrogen-bond donors (Lipinski definition) is 4. The van der Waals surface area contributed by atoms with E-state index in [2.05, 4.69) is 22.6 Å². The smallest absolute Gasteiger partial charge is 0.279 e. The molecule has 2 aromatic carbocycles. The lowest BCUT2D eigenvalue weighted by molar-refractivity contribution is -0.204. The van der Waals surface area contributed by atoms with Crippen LogP contribution in [0.2, 0.25) is 0 Å². The van der Waals surface area contributed by atoms with Gasteiger partial charge in [0.25, 0.3) is 11.8 Å². The highest BCUT2D eigenvalue weighted by atomic mass is 16.8. The third-order valence-electron chi connectivity index (χ3n) is 7.07. The SMILES string of the molecule is CC=C(c1ccc(C#Cc2ccc(C(O)CCO)cc2)cc1)N(C)[C@@](C)(C(=O)NC)C(=O)NOC1CCCCO1. The fourth-order valence-corrected chi connectivity index (χ4v) is 4.41. The minimum atomic E-state index is -1.61. The molecule has 9 nitrogen and oxygen atoms in total. The summed E-state index contributed by atoms with van der Waals surface area (Å²) < 4.78 is 5.52. The maximum absolute atomic E-state index is 13.3. The molecule has 1 fully saturated rings. The number of carbonyl (C=O) groups is 2. The van der Waals surface area contributed by atoms with Crippen LogP contribution in [0.3, 0.4) is 0 Å². The first-order valence-electron chi connectivity index (χ1n) is 13.5. The number of carbonyl (C=O) groups excluding carboxylic acids is 2. The number of likely N-dealkylation sites (N-methyl/N-ethyl adjacent to an activating group) is 2. The predicted molar refractivity (Wildman–Crippen MR) is 152 cm³/mol. The zero-order valence-electron chi connectivity index (χ0n) is 23.6. The van der Waals surface area contributed by atoms with Crippen molar-refractivity contribution in [3.8, 4) is 11.8 Å². The van der Waals surface area contributed by atoms with Crippen LogP contribution in [-0.4, -0.2) is 66.1 Å². The van der Waals surface area contributed by atoms with Gasteiger partial charge >= 0.3 is 0 Å². The average Bonchev–Trinajstić information content (AvgIpc) is 2.99. The summed E-state index contributed by atoms with van der Waals surface area (Å²) in [4.78, 5) is 33.4. The van der Waals surface area contributed by atoms with Crippen molar-refractivity contribution >= 4 is 17.5 Å². The number of aliphatic hydroxyl groups is 2. The van der Waals surface area contributed by atoms with Gasteiger partial charge < -0.3 is 25.2 Å². The minimum Gasteiger partial charge on any atom is -0.396 e. The molecule has 2 aromatic rings. The van der Waals surface area contributed by atoms with Gasteiger partial charge in [-0.1, -0.05) is 42.2 Å². The summed E-state index contributed by atoms with van der Waals surface area (Å²) in [6, 6.07) is 14.8. The number of nitrogens with zero attached hydrogens (tertiary/aromatic N) is 1. The number of amides is 2. The molecule has 1 aliphatic rings. The van der Waals surface area contributed by atoms with Crippen molar-refractivity contribution in [3.63, 3.8) is 0 Å². The van der Waals surface area contributed by atoms with Gasteiger partial charge in [-0.3, -0.25) is 9.59 Å². The molecule has 9 heteroatoms. The maximum atomic E-state index is 13.3. The van der Waals surface area contributed by atoms with Crippen molar-refractivity contribution in [2.24, 2.45) is 0 Å². The van der Waals surface area contributed by atoms with Crippen LogP contribution in [0.4, 0.5) is 0 Å². The lowest BCUT2D eigenvalue weighted by Gasteiger charge is -2.38. The van der Waals surface area contributed by atoms with E-state index in [0.717, 1.165) is 35.1 Å². The summed E-state index contributed by atoms with van der Waals surface area (Å²) in [5.74, 6) is 5.14. The zero-order valence-corrected chi connectivity index (χ0v) is 23.6. The van der Waals surface area contributed by atoms with Crippen LogP contribution in [0.25, 0.3) is 5.70 Å². The Bertz CT molecular complexity index is 1230. The molecule has 0 aliphatic carbocycles. The standard InChI is InChI=1S/C31H39N3O6/c1-5-26(34(4)31(2,29(37)32-3)30(38)33-40-28-8-6-7-21-39-28)24-15-11-22(12-16-24)9-10-23-13-17-25(18-14-23)27(36)19-20-35/h5,11-18,27-28,35-36H,6-8,19-21H2,1-4H3,(H,32,37)(H,33,38)/t27?,28?,31-/m0/s1. The van der Waals surface area contributed by atoms with E-state index >= 15 is 0 Å². The molecule has 1 saturated heterocycles. The van der Waals surface area contributed by atoms with E-state index in [0.29, 0.717) is 18.7 Å². The topological polar surface area (TPSA) is 120 Å². The Morgan fingerprint density at radius 3 is 2.27 bits per heavy atom. The van der Waals surface area contributed by atoms with E-state index in [-0.39, 0.29) is 13.0 Å². The number of nitrogens with one attached hydrogen (secondary N) is 2. The van der Waals surface area contributed by atoms with Gasteiger partial charge in [0.15, 0.2) is 11.8 Å². The molecule has 0 radical (unpaired) electrons. The first-order valence-corrected chi connectivity index (χ1v) is 13.5.